The van der Waals surface area contributed by atoms with Crippen LogP contribution in [-0.2, 0) is 6.54 Å². The quantitative estimate of drug-likeness (QED) is 0.757. The average molecular weight is 323 g/mol. The molecule has 3 aromatic rings. The molecule has 0 aliphatic heterocycles. The fourth-order valence-corrected chi connectivity index (χ4v) is 2.71. The second kappa shape index (κ2) is 7.27. The number of aromatic nitrogens is 3. The van der Waals surface area contributed by atoms with Crippen LogP contribution in [0.1, 0.15) is 11.1 Å². The summed E-state index contributed by atoms with van der Waals surface area (Å²) in [5, 5.41) is 10.3. The summed E-state index contributed by atoms with van der Waals surface area (Å²) >= 11 is 0. The number of nitrogens with zero attached hydrogens (tertiary/aromatic N) is 3. The normalized spacial score (nSPS) is 12.1. The third-order valence-electron chi connectivity index (χ3n) is 3.70. The van der Waals surface area contributed by atoms with Crippen molar-refractivity contribution in [2.24, 2.45) is 0 Å². The van der Waals surface area contributed by atoms with E-state index in [1.807, 2.05) is 48.9 Å². The fourth-order valence-electron chi connectivity index (χ4n) is 2.71. The molecule has 2 aromatic heterocycles. The maximum atomic E-state index is 10.3. The van der Waals surface area contributed by atoms with Crippen LogP contribution >= 0.6 is 0 Å². The van der Waals surface area contributed by atoms with Gasteiger partial charge in [0.05, 0.1) is 6.54 Å². The molecule has 5 heteroatoms. The highest BCUT2D eigenvalue weighted by Crippen LogP contribution is 2.18. The van der Waals surface area contributed by atoms with E-state index in [1.165, 1.54) is 0 Å². The van der Waals surface area contributed by atoms with Gasteiger partial charge in [0.1, 0.15) is 24.3 Å². The minimum Gasteiger partial charge on any atom is -0.491 e. The van der Waals surface area contributed by atoms with E-state index in [0.29, 0.717) is 6.54 Å². The lowest BCUT2D eigenvalue weighted by molar-refractivity contribution is 0.0928. The van der Waals surface area contributed by atoms with E-state index in [0.717, 1.165) is 28.3 Å². The molecule has 0 aliphatic rings. The first-order valence-electron chi connectivity index (χ1n) is 7.92. The minimum absolute atomic E-state index is 0.233. The van der Waals surface area contributed by atoms with Crippen LogP contribution in [0.4, 0.5) is 0 Å². The molecule has 0 aliphatic carbocycles. The van der Waals surface area contributed by atoms with Crippen molar-refractivity contribution in [3.8, 4) is 17.1 Å². The molecule has 0 saturated heterocycles. The van der Waals surface area contributed by atoms with Crippen LogP contribution in [0.3, 0.4) is 0 Å². The molecule has 0 spiro atoms. The lowest BCUT2D eigenvalue weighted by Gasteiger charge is -2.15. The summed E-state index contributed by atoms with van der Waals surface area (Å²) < 4.78 is 7.65. The Morgan fingerprint density at radius 1 is 1.08 bits per heavy atom. The van der Waals surface area contributed by atoms with Crippen LogP contribution < -0.4 is 4.74 Å². The number of pyridine rings is 1. The summed E-state index contributed by atoms with van der Waals surface area (Å²) in [7, 11) is 0. The maximum Gasteiger partial charge on any atom is 0.140 e. The highest BCUT2D eigenvalue weighted by Gasteiger charge is 2.11. The van der Waals surface area contributed by atoms with Crippen molar-refractivity contribution in [3.63, 3.8) is 0 Å². The summed E-state index contributed by atoms with van der Waals surface area (Å²) in [6.45, 7) is 4.71. The Labute approximate surface area is 141 Å². The molecular weight excluding hydrogens is 302 g/mol. The molecule has 0 fully saturated rings. The van der Waals surface area contributed by atoms with E-state index in [2.05, 4.69) is 16.0 Å². The van der Waals surface area contributed by atoms with Crippen molar-refractivity contribution >= 4 is 0 Å². The number of rotatable bonds is 6. The highest BCUT2D eigenvalue weighted by molar-refractivity contribution is 5.54. The molecule has 0 bridgehead atoms. The van der Waals surface area contributed by atoms with Gasteiger partial charge in [-0.2, -0.15) is 0 Å². The third kappa shape index (κ3) is 4.00. The van der Waals surface area contributed by atoms with Gasteiger partial charge in [0.15, 0.2) is 0 Å². The molecule has 5 nitrogen and oxygen atoms in total. The summed E-state index contributed by atoms with van der Waals surface area (Å²) in [6, 6.07) is 9.84. The predicted octanol–water partition coefficient (Wildman–Crippen LogP) is 3.00. The molecule has 1 N–H and O–H groups in total. The summed E-state index contributed by atoms with van der Waals surface area (Å²) in [6.07, 6.45) is 6.42. The van der Waals surface area contributed by atoms with Crippen molar-refractivity contribution in [3.05, 3.63) is 66.2 Å². The standard InChI is InChI=1S/C19H21N3O2/c1-14-9-15(2)11-18(10-14)24-13-17(23)12-22-8-7-21-19(22)16-3-5-20-6-4-16/h3-11,17,23H,12-13H2,1-2H3. The smallest absolute Gasteiger partial charge is 0.140 e. The van der Waals surface area contributed by atoms with E-state index < -0.39 is 6.10 Å². The van der Waals surface area contributed by atoms with Gasteiger partial charge >= 0.3 is 0 Å². The number of hydrogen-bond acceptors (Lipinski definition) is 4. The average Bonchev–Trinajstić information content (AvgIpc) is 3.01. The Kier molecular flexibility index (Phi) is 4.91. The Balaban J connectivity index is 1.63. The molecule has 1 unspecified atom stereocenters. The van der Waals surface area contributed by atoms with Gasteiger partial charge in [0, 0.05) is 30.4 Å². The maximum absolute atomic E-state index is 10.3. The van der Waals surface area contributed by atoms with Gasteiger partial charge in [-0.25, -0.2) is 4.98 Å². The SMILES string of the molecule is Cc1cc(C)cc(OCC(O)Cn2ccnc2-c2ccncc2)c1. The van der Waals surface area contributed by atoms with E-state index in [1.54, 1.807) is 18.6 Å². The number of hydrogen-bond donors (Lipinski definition) is 1. The number of benzene rings is 1. The predicted molar refractivity (Wildman–Crippen MR) is 92.9 cm³/mol. The number of ether oxygens (including phenoxy) is 1. The molecule has 0 saturated carbocycles. The van der Waals surface area contributed by atoms with Crippen LogP contribution in [-0.4, -0.2) is 32.4 Å². The van der Waals surface area contributed by atoms with Gasteiger partial charge in [0.2, 0.25) is 0 Å². The van der Waals surface area contributed by atoms with Crippen molar-refractivity contribution < 1.29 is 9.84 Å². The lowest BCUT2D eigenvalue weighted by atomic mass is 10.1. The molecule has 1 aromatic carbocycles. The van der Waals surface area contributed by atoms with E-state index in [-0.39, 0.29) is 6.61 Å². The second-order valence-corrected chi connectivity index (χ2v) is 5.93. The zero-order chi connectivity index (χ0) is 16.9. The van der Waals surface area contributed by atoms with Crippen LogP contribution in [0, 0.1) is 13.8 Å². The Hall–Kier alpha value is -2.66. The summed E-state index contributed by atoms with van der Waals surface area (Å²) in [4.78, 5) is 8.38. The van der Waals surface area contributed by atoms with Crippen molar-refractivity contribution in [1.29, 1.82) is 0 Å². The molecule has 0 radical (unpaired) electrons. The molecule has 124 valence electrons. The Morgan fingerprint density at radius 2 is 1.79 bits per heavy atom. The van der Waals surface area contributed by atoms with Gasteiger partial charge < -0.3 is 14.4 Å². The molecule has 24 heavy (non-hydrogen) atoms. The molecule has 3 rings (SSSR count). The minimum atomic E-state index is -0.624. The number of aliphatic hydroxyl groups excluding tert-OH is 1. The van der Waals surface area contributed by atoms with E-state index in [9.17, 15) is 5.11 Å². The van der Waals surface area contributed by atoms with Crippen molar-refractivity contribution in [2.45, 2.75) is 26.5 Å². The fraction of sp³-hybridized carbons (Fsp3) is 0.263. The number of aliphatic hydroxyl groups is 1. The van der Waals surface area contributed by atoms with Crippen molar-refractivity contribution in [2.75, 3.05) is 6.61 Å². The first kappa shape index (κ1) is 16.2. The topological polar surface area (TPSA) is 60.2 Å². The highest BCUT2D eigenvalue weighted by atomic mass is 16.5. The van der Waals surface area contributed by atoms with E-state index in [4.69, 9.17) is 4.74 Å². The second-order valence-electron chi connectivity index (χ2n) is 5.93. The lowest BCUT2D eigenvalue weighted by Crippen LogP contribution is -2.23. The van der Waals surface area contributed by atoms with Crippen LogP contribution in [0.15, 0.2) is 55.1 Å². The summed E-state index contributed by atoms with van der Waals surface area (Å²) in [5.74, 6) is 1.59. The van der Waals surface area contributed by atoms with Gasteiger partial charge in [-0.15, -0.1) is 0 Å². The Morgan fingerprint density at radius 3 is 2.50 bits per heavy atom. The van der Waals surface area contributed by atoms with Crippen LogP contribution in [0.25, 0.3) is 11.4 Å². The first-order chi connectivity index (χ1) is 11.6. The largest absolute Gasteiger partial charge is 0.491 e. The zero-order valence-electron chi connectivity index (χ0n) is 13.9. The Bertz CT molecular complexity index is 779. The van der Waals surface area contributed by atoms with Gasteiger partial charge in [-0.05, 0) is 49.2 Å². The third-order valence-corrected chi connectivity index (χ3v) is 3.70. The van der Waals surface area contributed by atoms with Crippen molar-refractivity contribution in [1.82, 2.24) is 14.5 Å². The zero-order valence-corrected chi connectivity index (χ0v) is 13.9. The summed E-state index contributed by atoms with van der Waals surface area (Å²) in [5.41, 5.74) is 3.26. The van der Waals surface area contributed by atoms with Crippen LogP contribution in [0.2, 0.25) is 0 Å². The monoisotopic (exact) mass is 323 g/mol. The van der Waals surface area contributed by atoms with Crippen LogP contribution in [0.5, 0.6) is 5.75 Å². The number of aryl methyl sites for hydroxylation is 2. The molecule has 1 atom stereocenters. The van der Waals surface area contributed by atoms with Gasteiger partial charge in [0.25, 0.3) is 0 Å². The van der Waals surface area contributed by atoms with Gasteiger partial charge in [-0.3, -0.25) is 4.98 Å². The molecule has 2 heterocycles. The van der Waals surface area contributed by atoms with E-state index >= 15 is 0 Å². The molecule has 0 amide bonds. The number of imidazole rings is 1. The molecular formula is C19H21N3O2. The first-order valence-corrected chi connectivity index (χ1v) is 7.92. The van der Waals surface area contributed by atoms with Gasteiger partial charge in [-0.1, -0.05) is 6.07 Å².